The number of ether oxygens (including phenoxy) is 2. The van der Waals surface area contributed by atoms with Crippen LogP contribution < -0.4 is 4.74 Å². The summed E-state index contributed by atoms with van der Waals surface area (Å²) in [7, 11) is 1.30. The van der Waals surface area contributed by atoms with Gasteiger partial charge in [-0.1, -0.05) is 0 Å². The summed E-state index contributed by atoms with van der Waals surface area (Å²) in [5, 5.41) is 18.3. The van der Waals surface area contributed by atoms with Crippen LogP contribution in [0.1, 0.15) is 16.8 Å². The van der Waals surface area contributed by atoms with Crippen molar-refractivity contribution in [3.63, 3.8) is 0 Å². The molecule has 0 radical (unpaired) electrons. The van der Waals surface area contributed by atoms with Crippen LogP contribution in [0.4, 0.5) is 9.59 Å². The number of rotatable bonds is 5. The third-order valence-corrected chi connectivity index (χ3v) is 3.99. The van der Waals surface area contributed by atoms with Crippen molar-refractivity contribution in [2.45, 2.75) is 12.5 Å². The van der Waals surface area contributed by atoms with Crippen molar-refractivity contribution in [2.75, 3.05) is 33.4 Å². The quantitative estimate of drug-likeness (QED) is 0.773. The number of esters is 1. The van der Waals surface area contributed by atoms with Crippen molar-refractivity contribution in [2.24, 2.45) is 0 Å². The molecule has 0 saturated carbocycles. The van der Waals surface area contributed by atoms with E-state index in [1.54, 1.807) is 24.3 Å². The third-order valence-electron chi connectivity index (χ3n) is 3.99. The topological polar surface area (TPSA) is 117 Å². The fourth-order valence-corrected chi connectivity index (χ4v) is 2.65. The van der Waals surface area contributed by atoms with E-state index in [9.17, 15) is 19.5 Å². The second kappa shape index (κ2) is 8.22. The minimum atomic E-state index is -1.07. The molecule has 1 heterocycles. The molecule has 1 aromatic carbocycles. The maximum absolute atomic E-state index is 11.4. The predicted octanol–water partition coefficient (Wildman–Crippen LogP) is 1.58. The Bertz CT molecular complexity index is 632. The number of nitrogens with zero attached hydrogens (tertiary/aromatic N) is 2. The highest BCUT2D eigenvalue weighted by atomic mass is 16.5. The Kier molecular flexibility index (Phi) is 6.04. The maximum atomic E-state index is 11.4. The molecular weight excluding hydrogens is 332 g/mol. The molecule has 9 nitrogen and oxygen atoms in total. The Labute approximate surface area is 144 Å². The van der Waals surface area contributed by atoms with Gasteiger partial charge in [0.2, 0.25) is 0 Å². The smallest absolute Gasteiger partial charge is 0.407 e. The predicted molar refractivity (Wildman–Crippen MR) is 86.0 cm³/mol. The van der Waals surface area contributed by atoms with E-state index >= 15 is 0 Å². The van der Waals surface area contributed by atoms with E-state index in [1.807, 2.05) is 0 Å². The van der Waals surface area contributed by atoms with E-state index in [-0.39, 0.29) is 26.2 Å². The zero-order chi connectivity index (χ0) is 18.4. The number of carbonyl (C=O) groups is 3. The molecule has 1 aliphatic rings. The number of amides is 2. The van der Waals surface area contributed by atoms with Crippen LogP contribution in [0.5, 0.6) is 5.75 Å². The Morgan fingerprint density at radius 1 is 1.12 bits per heavy atom. The van der Waals surface area contributed by atoms with Crippen molar-refractivity contribution < 1.29 is 34.1 Å². The summed E-state index contributed by atoms with van der Waals surface area (Å²) < 4.78 is 10.2. The monoisotopic (exact) mass is 352 g/mol. The molecule has 2 rings (SSSR count). The normalized spacial score (nSPS) is 17.1. The molecule has 0 bridgehead atoms. The average Bonchev–Trinajstić information content (AvgIpc) is 2.61. The van der Waals surface area contributed by atoms with Crippen LogP contribution in [0.25, 0.3) is 0 Å². The van der Waals surface area contributed by atoms with Crippen LogP contribution in [-0.4, -0.2) is 77.6 Å². The largest absolute Gasteiger partial charge is 0.494 e. The van der Waals surface area contributed by atoms with Gasteiger partial charge in [0.05, 0.1) is 25.3 Å². The Morgan fingerprint density at radius 3 is 2.36 bits per heavy atom. The number of hydrogen-bond donors (Lipinski definition) is 2. The van der Waals surface area contributed by atoms with Crippen molar-refractivity contribution >= 4 is 18.2 Å². The molecule has 1 atom stereocenters. The molecule has 9 heteroatoms. The van der Waals surface area contributed by atoms with E-state index in [4.69, 9.17) is 9.84 Å². The molecule has 1 fully saturated rings. The van der Waals surface area contributed by atoms with Gasteiger partial charge in [-0.2, -0.15) is 0 Å². The molecule has 136 valence electrons. The Balaban J connectivity index is 1.90. The summed E-state index contributed by atoms with van der Waals surface area (Å²) in [4.78, 5) is 36.2. The van der Waals surface area contributed by atoms with Crippen LogP contribution in [0, 0.1) is 0 Å². The van der Waals surface area contributed by atoms with E-state index in [0.717, 1.165) is 0 Å². The number of carbonyl (C=O) groups excluding carboxylic acids is 1. The fraction of sp³-hybridized carbons (Fsp3) is 0.438. The SMILES string of the molecule is COC(=O)c1ccc(OCC[C@@H]2CN(C(=O)O)CCN2C(=O)O)cc1. The number of hydrogen-bond acceptors (Lipinski definition) is 5. The third kappa shape index (κ3) is 4.75. The summed E-state index contributed by atoms with van der Waals surface area (Å²) in [6, 6.07) is 5.91. The van der Waals surface area contributed by atoms with Gasteiger partial charge in [-0.15, -0.1) is 0 Å². The molecular formula is C16H20N2O7. The molecule has 0 aliphatic carbocycles. The van der Waals surface area contributed by atoms with Crippen LogP contribution in [0.2, 0.25) is 0 Å². The summed E-state index contributed by atoms with van der Waals surface area (Å²) in [5.41, 5.74) is 0.399. The molecule has 1 saturated heterocycles. The lowest BCUT2D eigenvalue weighted by Crippen LogP contribution is -2.56. The van der Waals surface area contributed by atoms with Gasteiger partial charge in [0.1, 0.15) is 5.75 Å². The Hall–Kier alpha value is -2.97. The first-order valence-electron chi connectivity index (χ1n) is 7.71. The van der Waals surface area contributed by atoms with Crippen molar-refractivity contribution in [3.8, 4) is 5.75 Å². The average molecular weight is 352 g/mol. The van der Waals surface area contributed by atoms with Crippen LogP contribution in [0.3, 0.4) is 0 Å². The van der Waals surface area contributed by atoms with Gasteiger partial charge in [-0.25, -0.2) is 14.4 Å². The van der Waals surface area contributed by atoms with Gasteiger partial charge in [0.25, 0.3) is 0 Å². The molecule has 0 spiro atoms. The van der Waals surface area contributed by atoms with E-state index in [2.05, 4.69) is 4.74 Å². The number of methoxy groups -OCH3 is 1. The first-order valence-corrected chi connectivity index (χ1v) is 7.71. The molecule has 2 N–H and O–H groups in total. The van der Waals surface area contributed by atoms with Crippen LogP contribution in [-0.2, 0) is 4.74 Å². The summed E-state index contributed by atoms with van der Waals surface area (Å²) in [6.07, 6.45) is -1.78. The fourth-order valence-electron chi connectivity index (χ4n) is 2.65. The second-order valence-electron chi connectivity index (χ2n) is 5.51. The van der Waals surface area contributed by atoms with E-state index in [1.165, 1.54) is 16.9 Å². The van der Waals surface area contributed by atoms with Crippen molar-refractivity contribution in [3.05, 3.63) is 29.8 Å². The summed E-state index contributed by atoms with van der Waals surface area (Å²) in [6.45, 7) is 0.639. The summed E-state index contributed by atoms with van der Waals surface area (Å²) >= 11 is 0. The highest BCUT2D eigenvalue weighted by Crippen LogP contribution is 2.16. The lowest BCUT2D eigenvalue weighted by Gasteiger charge is -2.38. The van der Waals surface area contributed by atoms with Gasteiger partial charge >= 0.3 is 18.2 Å². The molecule has 1 aromatic rings. The summed E-state index contributed by atoms with van der Waals surface area (Å²) in [5.74, 6) is 0.0834. The minimum Gasteiger partial charge on any atom is -0.494 e. The van der Waals surface area contributed by atoms with Crippen LogP contribution >= 0.6 is 0 Å². The zero-order valence-corrected chi connectivity index (χ0v) is 13.8. The van der Waals surface area contributed by atoms with Crippen LogP contribution in [0.15, 0.2) is 24.3 Å². The maximum Gasteiger partial charge on any atom is 0.407 e. The highest BCUT2D eigenvalue weighted by Gasteiger charge is 2.32. The molecule has 0 unspecified atom stereocenters. The van der Waals surface area contributed by atoms with Gasteiger partial charge in [-0.3, -0.25) is 0 Å². The zero-order valence-electron chi connectivity index (χ0n) is 13.8. The number of benzene rings is 1. The second-order valence-corrected chi connectivity index (χ2v) is 5.51. The first kappa shape index (κ1) is 18.4. The number of carboxylic acid groups (broad SMARTS) is 2. The standard InChI is InChI=1S/C16H20N2O7/c1-24-14(19)11-2-4-13(5-3-11)25-9-6-12-10-17(15(20)21)7-8-18(12)16(22)23/h2-5,12H,6-10H2,1H3,(H,20,21)(H,22,23)/t12-/m1/s1. The number of piperazine rings is 1. The lowest BCUT2D eigenvalue weighted by molar-refractivity contribution is 0.0562. The molecule has 2 amide bonds. The van der Waals surface area contributed by atoms with E-state index < -0.39 is 24.2 Å². The highest BCUT2D eigenvalue weighted by molar-refractivity contribution is 5.89. The van der Waals surface area contributed by atoms with Gasteiger partial charge < -0.3 is 29.5 Å². The van der Waals surface area contributed by atoms with Crippen molar-refractivity contribution in [1.29, 1.82) is 0 Å². The minimum absolute atomic E-state index is 0.117. The first-order chi connectivity index (χ1) is 11.9. The van der Waals surface area contributed by atoms with E-state index in [0.29, 0.717) is 17.7 Å². The molecule has 0 aromatic heterocycles. The molecule has 25 heavy (non-hydrogen) atoms. The lowest BCUT2D eigenvalue weighted by atomic mass is 10.1. The van der Waals surface area contributed by atoms with Crippen molar-refractivity contribution in [1.82, 2.24) is 9.80 Å². The molecule has 1 aliphatic heterocycles. The van der Waals surface area contributed by atoms with Gasteiger partial charge in [0.15, 0.2) is 0 Å². The van der Waals surface area contributed by atoms with Gasteiger partial charge in [-0.05, 0) is 24.3 Å². The Morgan fingerprint density at radius 2 is 1.80 bits per heavy atom. The van der Waals surface area contributed by atoms with Gasteiger partial charge in [0, 0.05) is 26.1 Å².